The molecule has 1 aliphatic heterocycles. The van der Waals surface area contributed by atoms with Crippen molar-refractivity contribution in [1.82, 2.24) is 4.90 Å². The highest BCUT2D eigenvalue weighted by Crippen LogP contribution is 2.21. The van der Waals surface area contributed by atoms with Gasteiger partial charge in [-0.15, -0.1) is 0 Å². The largest absolute Gasteiger partial charge is 0.352 e. The highest BCUT2D eigenvalue weighted by molar-refractivity contribution is 7.99. The van der Waals surface area contributed by atoms with Crippen molar-refractivity contribution >= 4 is 11.8 Å². The lowest BCUT2D eigenvalue weighted by molar-refractivity contribution is -0.147. The summed E-state index contributed by atoms with van der Waals surface area (Å²) in [7, 11) is 2.17. The van der Waals surface area contributed by atoms with Gasteiger partial charge in [-0.1, -0.05) is 0 Å². The average Bonchev–Trinajstić information content (AvgIpc) is 2.71. The third-order valence-electron chi connectivity index (χ3n) is 2.67. The minimum absolute atomic E-state index is 0.0596. The lowest BCUT2D eigenvalue weighted by atomic mass is 10.2. The minimum Gasteiger partial charge on any atom is -0.352 e. The molecule has 0 aromatic rings. The van der Waals surface area contributed by atoms with E-state index in [2.05, 4.69) is 11.9 Å². The van der Waals surface area contributed by atoms with E-state index in [1.807, 2.05) is 25.6 Å². The van der Waals surface area contributed by atoms with E-state index in [4.69, 9.17) is 9.47 Å². The van der Waals surface area contributed by atoms with Crippen LogP contribution in [0.25, 0.3) is 0 Å². The van der Waals surface area contributed by atoms with E-state index < -0.39 is 0 Å². The fourth-order valence-corrected chi connectivity index (χ4v) is 3.08. The SMILES string of the molecule is CCOC(CN(C)C1CCSC1)OCC. The molecule has 15 heavy (non-hydrogen) atoms. The average molecular weight is 233 g/mol. The molecule has 0 aromatic carbocycles. The first-order chi connectivity index (χ1) is 7.27. The van der Waals surface area contributed by atoms with E-state index in [-0.39, 0.29) is 6.29 Å². The van der Waals surface area contributed by atoms with Crippen molar-refractivity contribution in [3.63, 3.8) is 0 Å². The second-order valence-electron chi connectivity index (χ2n) is 3.80. The molecule has 1 aliphatic rings. The molecule has 1 atom stereocenters. The summed E-state index contributed by atoms with van der Waals surface area (Å²) in [4.78, 5) is 2.37. The van der Waals surface area contributed by atoms with Gasteiger partial charge in [0.15, 0.2) is 6.29 Å². The van der Waals surface area contributed by atoms with Crippen molar-refractivity contribution in [2.24, 2.45) is 0 Å². The van der Waals surface area contributed by atoms with E-state index in [0.29, 0.717) is 6.04 Å². The Labute approximate surface area is 97.5 Å². The van der Waals surface area contributed by atoms with Gasteiger partial charge >= 0.3 is 0 Å². The van der Waals surface area contributed by atoms with Crippen molar-refractivity contribution in [3.8, 4) is 0 Å². The van der Waals surface area contributed by atoms with E-state index in [1.165, 1.54) is 17.9 Å². The summed E-state index contributed by atoms with van der Waals surface area (Å²) in [6.45, 7) is 6.34. The predicted molar refractivity (Wildman–Crippen MR) is 65.4 cm³/mol. The molecule has 0 radical (unpaired) electrons. The quantitative estimate of drug-likeness (QED) is 0.625. The summed E-state index contributed by atoms with van der Waals surface area (Å²) in [5.41, 5.74) is 0. The molecule has 4 heteroatoms. The number of nitrogens with zero attached hydrogens (tertiary/aromatic N) is 1. The van der Waals surface area contributed by atoms with Crippen LogP contribution in [0.5, 0.6) is 0 Å². The Kier molecular flexibility index (Phi) is 6.64. The Hall–Kier alpha value is 0.230. The van der Waals surface area contributed by atoms with Gasteiger partial charge in [0.05, 0.1) is 0 Å². The Morgan fingerprint density at radius 2 is 2.00 bits per heavy atom. The van der Waals surface area contributed by atoms with Crippen LogP contribution < -0.4 is 0 Å². The number of ether oxygens (including phenoxy) is 2. The number of likely N-dealkylation sites (N-methyl/N-ethyl adjacent to an activating group) is 1. The highest BCUT2D eigenvalue weighted by Gasteiger charge is 2.22. The lowest BCUT2D eigenvalue weighted by Crippen LogP contribution is -2.39. The van der Waals surface area contributed by atoms with Crippen molar-refractivity contribution in [3.05, 3.63) is 0 Å². The molecule has 0 aliphatic carbocycles. The second kappa shape index (κ2) is 7.49. The first-order valence-corrected chi connectivity index (χ1v) is 6.94. The van der Waals surface area contributed by atoms with E-state index >= 15 is 0 Å². The molecule has 0 spiro atoms. The molecule has 1 fully saturated rings. The van der Waals surface area contributed by atoms with Gasteiger partial charge in [-0.2, -0.15) is 11.8 Å². The molecule has 90 valence electrons. The molecular weight excluding hydrogens is 210 g/mol. The Balaban J connectivity index is 2.28. The van der Waals surface area contributed by atoms with Crippen LogP contribution in [0.2, 0.25) is 0 Å². The maximum absolute atomic E-state index is 5.54. The zero-order valence-corrected chi connectivity index (χ0v) is 10.9. The third kappa shape index (κ3) is 4.72. The summed E-state index contributed by atoms with van der Waals surface area (Å²) in [6.07, 6.45) is 1.24. The monoisotopic (exact) mass is 233 g/mol. The topological polar surface area (TPSA) is 21.7 Å². The van der Waals surface area contributed by atoms with Gasteiger partial charge in [0.1, 0.15) is 0 Å². The molecule has 1 heterocycles. The third-order valence-corrected chi connectivity index (χ3v) is 3.82. The van der Waals surface area contributed by atoms with Crippen molar-refractivity contribution in [2.75, 3.05) is 38.3 Å². The molecule has 0 N–H and O–H groups in total. The summed E-state index contributed by atoms with van der Waals surface area (Å²) >= 11 is 2.04. The van der Waals surface area contributed by atoms with Gasteiger partial charge in [0, 0.05) is 31.6 Å². The van der Waals surface area contributed by atoms with Gasteiger partial charge < -0.3 is 9.47 Å². The minimum atomic E-state index is -0.0596. The number of hydrogen-bond acceptors (Lipinski definition) is 4. The molecule has 3 nitrogen and oxygen atoms in total. The lowest BCUT2D eigenvalue weighted by Gasteiger charge is -2.27. The zero-order chi connectivity index (χ0) is 11.1. The second-order valence-corrected chi connectivity index (χ2v) is 4.95. The van der Waals surface area contributed by atoms with Crippen LogP contribution in [0, 0.1) is 0 Å². The van der Waals surface area contributed by atoms with Crippen LogP contribution in [0.4, 0.5) is 0 Å². The number of thioether (sulfide) groups is 1. The maximum atomic E-state index is 5.54. The normalized spacial score (nSPS) is 21.8. The predicted octanol–water partition coefficient (Wildman–Crippen LogP) is 1.82. The number of hydrogen-bond donors (Lipinski definition) is 0. The van der Waals surface area contributed by atoms with Crippen LogP contribution in [0.1, 0.15) is 20.3 Å². The molecule has 1 saturated heterocycles. The zero-order valence-electron chi connectivity index (χ0n) is 10.1. The van der Waals surface area contributed by atoms with Crippen LogP contribution in [0.15, 0.2) is 0 Å². The first-order valence-electron chi connectivity index (χ1n) is 5.79. The summed E-state index contributed by atoms with van der Waals surface area (Å²) in [6, 6.07) is 0.707. The smallest absolute Gasteiger partial charge is 0.170 e. The van der Waals surface area contributed by atoms with E-state index in [0.717, 1.165) is 19.8 Å². The van der Waals surface area contributed by atoms with Crippen LogP contribution in [-0.4, -0.2) is 55.5 Å². The summed E-state index contributed by atoms with van der Waals surface area (Å²) < 4.78 is 11.1. The fourth-order valence-electron chi connectivity index (χ4n) is 1.78. The molecule has 0 amide bonds. The van der Waals surface area contributed by atoms with Gasteiger partial charge in [-0.25, -0.2) is 0 Å². The maximum Gasteiger partial charge on any atom is 0.170 e. The first kappa shape index (κ1) is 13.3. The highest BCUT2D eigenvalue weighted by atomic mass is 32.2. The van der Waals surface area contributed by atoms with Crippen LogP contribution in [0.3, 0.4) is 0 Å². The van der Waals surface area contributed by atoms with Gasteiger partial charge in [0.2, 0.25) is 0 Å². The fraction of sp³-hybridized carbons (Fsp3) is 1.00. The van der Waals surface area contributed by atoms with Gasteiger partial charge in [-0.05, 0) is 33.1 Å². The summed E-state index contributed by atoms with van der Waals surface area (Å²) in [5.74, 6) is 2.55. The van der Waals surface area contributed by atoms with Crippen molar-refractivity contribution in [1.29, 1.82) is 0 Å². The molecule has 0 aromatic heterocycles. The standard InChI is InChI=1S/C11H23NO2S/c1-4-13-11(14-5-2)8-12(3)10-6-7-15-9-10/h10-11H,4-9H2,1-3H3. The molecular formula is C11H23NO2S. The molecule has 0 bridgehead atoms. The Morgan fingerprint density at radius 3 is 2.47 bits per heavy atom. The summed E-state index contributed by atoms with van der Waals surface area (Å²) in [5, 5.41) is 0. The Morgan fingerprint density at radius 1 is 1.33 bits per heavy atom. The van der Waals surface area contributed by atoms with Crippen LogP contribution >= 0.6 is 11.8 Å². The van der Waals surface area contributed by atoms with Crippen molar-refractivity contribution in [2.45, 2.75) is 32.6 Å². The van der Waals surface area contributed by atoms with Crippen molar-refractivity contribution < 1.29 is 9.47 Å². The van der Waals surface area contributed by atoms with E-state index in [9.17, 15) is 0 Å². The van der Waals surface area contributed by atoms with E-state index in [1.54, 1.807) is 0 Å². The number of rotatable bonds is 7. The molecule has 0 saturated carbocycles. The van der Waals surface area contributed by atoms with Crippen LogP contribution in [-0.2, 0) is 9.47 Å². The van der Waals surface area contributed by atoms with Gasteiger partial charge in [0.25, 0.3) is 0 Å². The molecule has 1 rings (SSSR count). The molecule has 1 unspecified atom stereocenters. The van der Waals surface area contributed by atoms with Gasteiger partial charge in [-0.3, -0.25) is 4.90 Å². The Bertz CT molecular complexity index is 157.